The van der Waals surface area contributed by atoms with E-state index in [0.29, 0.717) is 11.4 Å². The van der Waals surface area contributed by atoms with Crippen LogP contribution in [0.3, 0.4) is 0 Å². The molecule has 0 aliphatic heterocycles. The van der Waals surface area contributed by atoms with Crippen LogP contribution in [0.15, 0.2) is 18.2 Å². The number of benzene rings is 1. The molecule has 1 heterocycles. The zero-order valence-electron chi connectivity index (χ0n) is 10.4. The molecular formula is C14H16FN3. The lowest BCUT2D eigenvalue weighted by Gasteiger charge is -2.14. The van der Waals surface area contributed by atoms with Gasteiger partial charge in [0.1, 0.15) is 11.6 Å². The minimum Gasteiger partial charge on any atom is -0.382 e. The summed E-state index contributed by atoms with van der Waals surface area (Å²) in [5.41, 5.74) is 9.63. The molecule has 1 aromatic carbocycles. The van der Waals surface area contributed by atoms with Crippen LogP contribution in [0.25, 0.3) is 5.69 Å². The number of rotatable bonds is 1. The van der Waals surface area contributed by atoms with E-state index in [1.54, 1.807) is 17.7 Å². The van der Waals surface area contributed by atoms with E-state index in [-0.39, 0.29) is 5.82 Å². The lowest BCUT2D eigenvalue weighted by atomic mass is 9.97. The third-order valence-corrected chi connectivity index (χ3v) is 3.61. The van der Waals surface area contributed by atoms with Gasteiger partial charge in [-0.15, -0.1) is 0 Å². The topological polar surface area (TPSA) is 43.8 Å². The second-order valence-electron chi connectivity index (χ2n) is 4.86. The SMILES string of the molecule is Cc1ccc(-n2nc(N)c3c2CCCC3)cc1F. The Morgan fingerprint density at radius 2 is 2.06 bits per heavy atom. The van der Waals surface area contributed by atoms with Gasteiger partial charge < -0.3 is 5.73 Å². The third kappa shape index (κ3) is 1.68. The van der Waals surface area contributed by atoms with E-state index in [1.165, 1.54) is 6.07 Å². The van der Waals surface area contributed by atoms with E-state index < -0.39 is 0 Å². The van der Waals surface area contributed by atoms with Gasteiger partial charge in [-0.2, -0.15) is 5.10 Å². The van der Waals surface area contributed by atoms with Crippen molar-refractivity contribution >= 4 is 5.82 Å². The first-order valence-corrected chi connectivity index (χ1v) is 6.29. The summed E-state index contributed by atoms with van der Waals surface area (Å²) in [6.45, 7) is 1.76. The van der Waals surface area contributed by atoms with E-state index in [1.807, 2.05) is 6.07 Å². The molecule has 18 heavy (non-hydrogen) atoms. The van der Waals surface area contributed by atoms with Crippen LogP contribution in [0, 0.1) is 12.7 Å². The van der Waals surface area contributed by atoms with E-state index in [2.05, 4.69) is 5.10 Å². The Morgan fingerprint density at radius 1 is 1.28 bits per heavy atom. The van der Waals surface area contributed by atoms with Crippen molar-refractivity contribution in [1.29, 1.82) is 0 Å². The summed E-state index contributed by atoms with van der Waals surface area (Å²) in [4.78, 5) is 0. The minimum absolute atomic E-state index is 0.203. The predicted molar refractivity (Wildman–Crippen MR) is 69.3 cm³/mol. The maximum absolute atomic E-state index is 13.6. The smallest absolute Gasteiger partial charge is 0.149 e. The molecule has 3 nitrogen and oxygen atoms in total. The van der Waals surface area contributed by atoms with Gasteiger partial charge in [-0.3, -0.25) is 0 Å². The van der Waals surface area contributed by atoms with Gasteiger partial charge in [0.2, 0.25) is 0 Å². The first-order valence-electron chi connectivity index (χ1n) is 6.29. The molecule has 0 spiro atoms. The normalized spacial score (nSPS) is 14.6. The number of nitrogens with two attached hydrogens (primary N) is 1. The van der Waals surface area contributed by atoms with Gasteiger partial charge in [0.05, 0.1) is 5.69 Å². The van der Waals surface area contributed by atoms with Crippen molar-refractivity contribution in [1.82, 2.24) is 9.78 Å². The second-order valence-corrected chi connectivity index (χ2v) is 4.86. The second kappa shape index (κ2) is 4.12. The molecule has 0 bridgehead atoms. The Hall–Kier alpha value is -1.84. The van der Waals surface area contributed by atoms with Crippen molar-refractivity contribution in [3.8, 4) is 5.69 Å². The van der Waals surface area contributed by atoms with Crippen molar-refractivity contribution in [3.63, 3.8) is 0 Å². The standard InChI is InChI=1S/C14H16FN3/c1-9-6-7-10(8-12(9)15)18-13-5-3-2-4-11(13)14(16)17-18/h6-8H,2-5H2,1H3,(H2,16,17). The maximum atomic E-state index is 13.6. The van der Waals surface area contributed by atoms with Crippen LogP contribution in [0.4, 0.5) is 10.2 Å². The van der Waals surface area contributed by atoms with Crippen LogP contribution in [0.2, 0.25) is 0 Å². The summed E-state index contributed by atoms with van der Waals surface area (Å²) in [5.74, 6) is 0.386. The molecule has 4 heteroatoms. The first kappa shape index (κ1) is 11.3. The molecule has 0 amide bonds. The number of anilines is 1. The van der Waals surface area contributed by atoms with Crippen LogP contribution in [0.1, 0.15) is 29.7 Å². The largest absolute Gasteiger partial charge is 0.382 e. The van der Waals surface area contributed by atoms with Crippen LogP contribution in [0.5, 0.6) is 0 Å². The van der Waals surface area contributed by atoms with Crippen molar-refractivity contribution in [3.05, 3.63) is 40.8 Å². The lowest BCUT2D eigenvalue weighted by Crippen LogP contribution is -2.08. The zero-order valence-corrected chi connectivity index (χ0v) is 10.4. The Morgan fingerprint density at radius 3 is 2.83 bits per heavy atom. The van der Waals surface area contributed by atoms with Gasteiger partial charge in [-0.05, 0) is 50.3 Å². The molecular weight excluding hydrogens is 229 g/mol. The summed E-state index contributed by atoms with van der Waals surface area (Å²) in [7, 11) is 0. The van der Waals surface area contributed by atoms with Crippen molar-refractivity contribution in [2.45, 2.75) is 32.6 Å². The van der Waals surface area contributed by atoms with Crippen LogP contribution in [-0.4, -0.2) is 9.78 Å². The molecule has 1 aromatic heterocycles. The molecule has 1 aliphatic carbocycles. The van der Waals surface area contributed by atoms with Gasteiger partial charge in [0.15, 0.2) is 0 Å². The van der Waals surface area contributed by atoms with Gasteiger partial charge in [0.25, 0.3) is 0 Å². The van der Waals surface area contributed by atoms with Crippen LogP contribution >= 0.6 is 0 Å². The van der Waals surface area contributed by atoms with Gasteiger partial charge in [-0.25, -0.2) is 9.07 Å². The van der Waals surface area contributed by atoms with E-state index in [0.717, 1.165) is 42.6 Å². The highest BCUT2D eigenvalue weighted by Gasteiger charge is 2.20. The number of aryl methyl sites for hydroxylation is 1. The number of hydrogen-bond acceptors (Lipinski definition) is 2. The number of halogens is 1. The first-order chi connectivity index (χ1) is 8.66. The number of nitrogens with zero attached hydrogens (tertiary/aromatic N) is 2. The fourth-order valence-electron chi connectivity index (χ4n) is 2.55. The molecule has 1 aliphatic rings. The molecule has 0 saturated carbocycles. The molecule has 0 unspecified atom stereocenters. The molecule has 3 rings (SSSR count). The molecule has 2 N–H and O–H groups in total. The van der Waals surface area contributed by atoms with E-state index >= 15 is 0 Å². The third-order valence-electron chi connectivity index (χ3n) is 3.61. The molecule has 0 radical (unpaired) electrons. The number of nitrogen functional groups attached to an aromatic ring is 1. The molecule has 0 saturated heterocycles. The highest BCUT2D eigenvalue weighted by atomic mass is 19.1. The Kier molecular flexibility index (Phi) is 2.58. The highest BCUT2D eigenvalue weighted by molar-refractivity contribution is 5.48. The van der Waals surface area contributed by atoms with Crippen molar-refractivity contribution in [2.75, 3.05) is 5.73 Å². The highest BCUT2D eigenvalue weighted by Crippen LogP contribution is 2.28. The van der Waals surface area contributed by atoms with Gasteiger partial charge >= 0.3 is 0 Å². The summed E-state index contributed by atoms with van der Waals surface area (Å²) in [6.07, 6.45) is 4.25. The van der Waals surface area contributed by atoms with Crippen LogP contribution in [-0.2, 0) is 12.8 Å². The number of aromatic nitrogens is 2. The Labute approximate surface area is 105 Å². The lowest BCUT2D eigenvalue weighted by molar-refractivity contribution is 0.613. The number of hydrogen-bond donors (Lipinski definition) is 1. The monoisotopic (exact) mass is 245 g/mol. The Bertz CT molecular complexity index is 601. The van der Waals surface area contributed by atoms with Crippen LogP contribution < -0.4 is 5.73 Å². The quantitative estimate of drug-likeness (QED) is 0.839. The van der Waals surface area contributed by atoms with E-state index in [9.17, 15) is 4.39 Å². The summed E-state index contributed by atoms with van der Waals surface area (Å²) in [5, 5.41) is 4.36. The van der Waals surface area contributed by atoms with Gasteiger partial charge in [0, 0.05) is 11.3 Å². The number of fused-ring (bicyclic) bond motifs is 1. The predicted octanol–water partition coefficient (Wildman–Crippen LogP) is 2.78. The zero-order chi connectivity index (χ0) is 12.7. The Balaban J connectivity index is 2.14. The van der Waals surface area contributed by atoms with Gasteiger partial charge in [-0.1, -0.05) is 6.07 Å². The molecule has 2 aromatic rings. The average molecular weight is 245 g/mol. The molecule has 0 atom stereocenters. The summed E-state index contributed by atoms with van der Waals surface area (Å²) >= 11 is 0. The molecule has 0 fully saturated rings. The minimum atomic E-state index is -0.203. The van der Waals surface area contributed by atoms with Crippen molar-refractivity contribution < 1.29 is 4.39 Å². The molecule has 94 valence electrons. The maximum Gasteiger partial charge on any atom is 0.149 e. The van der Waals surface area contributed by atoms with Crippen molar-refractivity contribution in [2.24, 2.45) is 0 Å². The average Bonchev–Trinajstić information content (AvgIpc) is 2.71. The summed E-state index contributed by atoms with van der Waals surface area (Å²) < 4.78 is 15.4. The fraction of sp³-hybridized carbons (Fsp3) is 0.357. The fourth-order valence-corrected chi connectivity index (χ4v) is 2.55. The van der Waals surface area contributed by atoms with E-state index in [4.69, 9.17) is 5.73 Å². The summed E-state index contributed by atoms with van der Waals surface area (Å²) in [6, 6.07) is 5.19.